The molecule has 0 heterocycles. The maximum absolute atomic E-state index is 6.27. The van der Waals surface area contributed by atoms with Crippen LogP contribution >= 0.6 is 27.5 Å². The lowest BCUT2D eigenvalue weighted by atomic mass is 10.0. The topological polar surface area (TPSA) is 35.2 Å². The molecule has 0 bridgehead atoms. The molecule has 0 amide bonds. The molecule has 2 aromatic rings. The molecule has 2 nitrogen and oxygen atoms in total. The summed E-state index contributed by atoms with van der Waals surface area (Å²) in [6, 6.07) is 15.3. The van der Waals surface area contributed by atoms with Crippen molar-refractivity contribution in [1.82, 2.24) is 0 Å². The molecule has 2 rings (SSSR count). The Bertz CT molecular complexity index is 559. The molecule has 0 aliphatic heterocycles. The Labute approximate surface area is 133 Å². The lowest BCUT2D eigenvalue weighted by molar-refractivity contribution is 0.171. The van der Waals surface area contributed by atoms with Gasteiger partial charge in [-0.05, 0) is 36.8 Å². The maximum Gasteiger partial charge on any atom is 0.140 e. The van der Waals surface area contributed by atoms with E-state index in [2.05, 4.69) is 15.9 Å². The zero-order valence-corrected chi connectivity index (χ0v) is 13.6. The van der Waals surface area contributed by atoms with Crippen LogP contribution in [0.3, 0.4) is 0 Å². The van der Waals surface area contributed by atoms with Gasteiger partial charge in [0.05, 0.1) is 0 Å². The van der Waals surface area contributed by atoms with E-state index in [1.807, 2.05) is 55.5 Å². The predicted octanol–water partition coefficient (Wildman–Crippen LogP) is 4.96. The van der Waals surface area contributed by atoms with Gasteiger partial charge in [-0.3, -0.25) is 0 Å². The summed E-state index contributed by atoms with van der Waals surface area (Å²) in [5.41, 5.74) is 7.13. The number of rotatable bonds is 5. The standard InChI is InChI=1S/C16H17BrClNO/c1-2-15(19)16(13-5-3-4-6-14(13)18)20-12-9-7-11(17)8-10-12/h3-10,15-16H,2,19H2,1H3. The lowest BCUT2D eigenvalue weighted by Gasteiger charge is -2.25. The number of benzene rings is 2. The first-order valence-electron chi connectivity index (χ1n) is 6.54. The summed E-state index contributed by atoms with van der Waals surface area (Å²) in [5.74, 6) is 0.780. The molecular weight excluding hydrogens is 338 g/mol. The first-order chi connectivity index (χ1) is 9.61. The summed E-state index contributed by atoms with van der Waals surface area (Å²) < 4.78 is 7.07. The Morgan fingerprint density at radius 3 is 2.40 bits per heavy atom. The Hall–Kier alpha value is -1.03. The SMILES string of the molecule is CCC(N)C(Oc1ccc(Br)cc1)c1ccccc1Cl. The molecule has 2 aromatic carbocycles. The highest BCUT2D eigenvalue weighted by Gasteiger charge is 2.22. The second kappa shape index (κ2) is 7.11. The van der Waals surface area contributed by atoms with Crippen LogP contribution in [0.4, 0.5) is 0 Å². The fourth-order valence-corrected chi connectivity index (χ4v) is 2.47. The van der Waals surface area contributed by atoms with Crippen LogP contribution in [0.5, 0.6) is 5.75 Å². The smallest absolute Gasteiger partial charge is 0.140 e. The zero-order chi connectivity index (χ0) is 14.5. The summed E-state index contributed by atoms with van der Waals surface area (Å²) in [6.07, 6.45) is 0.557. The van der Waals surface area contributed by atoms with E-state index in [1.165, 1.54) is 0 Å². The summed E-state index contributed by atoms with van der Waals surface area (Å²) >= 11 is 9.68. The highest BCUT2D eigenvalue weighted by molar-refractivity contribution is 9.10. The zero-order valence-electron chi connectivity index (χ0n) is 11.2. The van der Waals surface area contributed by atoms with Crippen LogP contribution in [0.15, 0.2) is 53.0 Å². The summed E-state index contributed by atoms with van der Waals surface area (Å²) in [7, 11) is 0. The molecule has 0 spiro atoms. The van der Waals surface area contributed by atoms with Crippen LogP contribution in [0.2, 0.25) is 5.02 Å². The average molecular weight is 355 g/mol. The third-order valence-electron chi connectivity index (χ3n) is 3.15. The molecule has 0 radical (unpaired) electrons. The van der Waals surface area contributed by atoms with Gasteiger partial charge >= 0.3 is 0 Å². The van der Waals surface area contributed by atoms with E-state index >= 15 is 0 Å². The van der Waals surface area contributed by atoms with E-state index < -0.39 is 0 Å². The van der Waals surface area contributed by atoms with Crippen molar-refractivity contribution < 1.29 is 4.74 Å². The normalized spacial score (nSPS) is 13.8. The van der Waals surface area contributed by atoms with Gasteiger partial charge in [-0.15, -0.1) is 0 Å². The third-order valence-corrected chi connectivity index (χ3v) is 4.02. The summed E-state index contributed by atoms with van der Waals surface area (Å²) in [5, 5.41) is 0.679. The number of hydrogen-bond donors (Lipinski definition) is 1. The molecule has 2 atom stereocenters. The van der Waals surface area contributed by atoms with Crippen LogP contribution in [-0.4, -0.2) is 6.04 Å². The third kappa shape index (κ3) is 3.75. The van der Waals surface area contributed by atoms with Gasteiger partial charge in [0.2, 0.25) is 0 Å². The van der Waals surface area contributed by atoms with Crippen molar-refractivity contribution in [3.05, 3.63) is 63.6 Å². The van der Waals surface area contributed by atoms with Gasteiger partial charge in [0, 0.05) is 21.1 Å². The van der Waals surface area contributed by atoms with E-state index in [0.29, 0.717) is 5.02 Å². The van der Waals surface area contributed by atoms with Crippen molar-refractivity contribution in [2.45, 2.75) is 25.5 Å². The number of halogens is 2. The predicted molar refractivity (Wildman–Crippen MR) is 87.2 cm³/mol. The summed E-state index contributed by atoms with van der Waals surface area (Å²) in [6.45, 7) is 2.04. The average Bonchev–Trinajstić information content (AvgIpc) is 2.47. The summed E-state index contributed by atoms with van der Waals surface area (Å²) in [4.78, 5) is 0. The Morgan fingerprint density at radius 1 is 1.15 bits per heavy atom. The molecule has 0 aromatic heterocycles. The first-order valence-corrected chi connectivity index (χ1v) is 7.71. The van der Waals surface area contributed by atoms with E-state index in [1.54, 1.807) is 0 Å². The van der Waals surface area contributed by atoms with Crippen LogP contribution in [0, 0.1) is 0 Å². The Kier molecular flexibility index (Phi) is 5.46. The second-order valence-electron chi connectivity index (χ2n) is 4.59. The van der Waals surface area contributed by atoms with Crippen molar-refractivity contribution in [2.75, 3.05) is 0 Å². The fraction of sp³-hybridized carbons (Fsp3) is 0.250. The molecule has 0 aliphatic rings. The van der Waals surface area contributed by atoms with Crippen molar-refractivity contribution in [2.24, 2.45) is 5.73 Å². The molecule has 0 aliphatic carbocycles. The van der Waals surface area contributed by atoms with Gasteiger partial charge < -0.3 is 10.5 Å². The second-order valence-corrected chi connectivity index (χ2v) is 5.91. The minimum Gasteiger partial charge on any atom is -0.484 e. The van der Waals surface area contributed by atoms with E-state index in [0.717, 1.165) is 22.2 Å². The van der Waals surface area contributed by atoms with Gasteiger partial charge in [-0.2, -0.15) is 0 Å². The van der Waals surface area contributed by atoms with Crippen LogP contribution < -0.4 is 10.5 Å². The van der Waals surface area contributed by atoms with E-state index in [-0.39, 0.29) is 12.1 Å². The van der Waals surface area contributed by atoms with Crippen molar-refractivity contribution in [3.63, 3.8) is 0 Å². The molecule has 0 saturated carbocycles. The van der Waals surface area contributed by atoms with Crippen LogP contribution in [0.25, 0.3) is 0 Å². The molecule has 106 valence electrons. The maximum atomic E-state index is 6.27. The van der Waals surface area contributed by atoms with E-state index in [4.69, 9.17) is 22.1 Å². The molecular formula is C16H17BrClNO. The van der Waals surface area contributed by atoms with Gasteiger partial charge in [-0.1, -0.05) is 52.7 Å². The Balaban J connectivity index is 2.29. The van der Waals surface area contributed by atoms with Crippen LogP contribution in [0.1, 0.15) is 25.0 Å². The monoisotopic (exact) mass is 353 g/mol. The largest absolute Gasteiger partial charge is 0.484 e. The molecule has 4 heteroatoms. The van der Waals surface area contributed by atoms with E-state index in [9.17, 15) is 0 Å². The number of nitrogens with two attached hydrogens (primary N) is 1. The fourth-order valence-electron chi connectivity index (χ4n) is 1.96. The highest BCUT2D eigenvalue weighted by atomic mass is 79.9. The number of hydrogen-bond acceptors (Lipinski definition) is 2. The van der Waals surface area contributed by atoms with Crippen molar-refractivity contribution in [1.29, 1.82) is 0 Å². The van der Waals surface area contributed by atoms with Crippen LogP contribution in [-0.2, 0) is 0 Å². The minimum absolute atomic E-state index is 0.112. The van der Waals surface area contributed by atoms with Gasteiger partial charge in [0.15, 0.2) is 0 Å². The highest BCUT2D eigenvalue weighted by Crippen LogP contribution is 2.30. The number of ether oxygens (including phenoxy) is 1. The quantitative estimate of drug-likeness (QED) is 0.823. The molecule has 20 heavy (non-hydrogen) atoms. The minimum atomic E-state index is -0.255. The lowest BCUT2D eigenvalue weighted by Crippen LogP contribution is -2.31. The molecule has 0 fully saturated rings. The van der Waals surface area contributed by atoms with Gasteiger partial charge in [0.1, 0.15) is 11.9 Å². The van der Waals surface area contributed by atoms with Crippen molar-refractivity contribution >= 4 is 27.5 Å². The molecule has 0 saturated heterocycles. The Morgan fingerprint density at radius 2 is 1.80 bits per heavy atom. The van der Waals surface area contributed by atoms with Gasteiger partial charge in [0.25, 0.3) is 0 Å². The molecule has 2 unspecified atom stereocenters. The molecule has 2 N–H and O–H groups in total. The van der Waals surface area contributed by atoms with Gasteiger partial charge in [-0.25, -0.2) is 0 Å². The first kappa shape index (κ1) is 15.4. The van der Waals surface area contributed by atoms with Crippen molar-refractivity contribution in [3.8, 4) is 5.75 Å².